The number of carboxylic acid groups (broad SMARTS) is 1. The van der Waals surface area contributed by atoms with Crippen molar-refractivity contribution >= 4 is 21.7 Å². The van der Waals surface area contributed by atoms with E-state index in [0.29, 0.717) is 25.6 Å². The number of ether oxygens (including phenoxy) is 1. The van der Waals surface area contributed by atoms with E-state index >= 15 is 0 Å². The SMILES string of the molecule is Cn1ncc2c1C(COCC1CC1)CN(C(=O)CS(C)(=O)=O)C2.O=C(O)C(F)(F)F. The van der Waals surface area contributed by atoms with Gasteiger partial charge in [0.15, 0.2) is 9.84 Å². The number of amides is 1. The van der Waals surface area contributed by atoms with Gasteiger partial charge in [-0.2, -0.15) is 18.3 Å². The van der Waals surface area contributed by atoms with Crippen molar-refractivity contribution in [1.29, 1.82) is 0 Å². The number of alkyl halides is 3. The molecule has 1 unspecified atom stereocenters. The molecule has 170 valence electrons. The van der Waals surface area contributed by atoms with Gasteiger partial charge in [0.2, 0.25) is 5.91 Å². The van der Waals surface area contributed by atoms with Gasteiger partial charge in [-0.3, -0.25) is 9.48 Å². The second-order valence-electron chi connectivity index (χ2n) is 7.50. The number of rotatable bonds is 6. The number of carbonyl (C=O) groups excluding carboxylic acids is 1. The number of nitrogens with zero attached hydrogens (tertiary/aromatic N) is 3. The predicted molar refractivity (Wildman–Crippen MR) is 98.3 cm³/mol. The Labute approximate surface area is 171 Å². The molecule has 13 heteroatoms. The zero-order chi connectivity index (χ0) is 22.7. The van der Waals surface area contributed by atoms with Crippen molar-refractivity contribution in [3.8, 4) is 0 Å². The Morgan fingerprint density at radius 2 is 1.90 bits per heavy atom. The van der Waals surface area contributed by atoms with Crippen LogP contribution in [0.15, 0.2) is 6.20 Å². The van der Waals surface area contributed by atoms with Gasteiger partial charge in [0, 0.05) is 44.5 Å². The number of aromatic nitrogens is 2. The molecule has 2 aliphatic rings. The summed E-state index contributed by atoms with van der Waals surface area (Å²) in [6.07, 6.45) is 0.227. The summed E-state index contributed by atoms with van der Waals surface area (Å²) in [5.41, 5.74) is 2.06. The van der Waals surface area contributed by atoms with Crippen LogP contribution in [0.2, 0.25) is 0 Å². The zero-order valence-corrected chi connectivity index (χ0v) is 17.4. The van der Waals surface area contributed by atoms with Gasteiger partial charge >= 0.3 is 12.1 Å². The van der Waals surface area contributed by atoms with Crippen LogP contribution >= 0.6 is 0 Å². The van der Waals surface area contributed by atoms with Crippen LogP contribution in [0.5, 0.6) is 0 Å². The second kappa shape index (κ2) is 9.33. The van der Waals surface area contributed by atoms with E-state index in [-0.39, 0.29) is 11.8 Å². The van der Waals surface area contributed by atoms with Crippen LogP contribution < -0.4 is 0 Å². The molecule has 1 aromatic rings. The van der Waals surface area contributed by atoms with Gasteiger partial charge in [0.05, 0.1) is 18.5 Å². The Bertz CT molecular complexity index is 880. The molecule has 0 bridgehead atoms. The van der Waals surface area contributed by atoms with E-state index in [1.165, 1.54) is 12.8 Å². The van der Waals surface area contributed by atoms with E-state index in [9.17, 15) is 26.4 Å². The molecule has 1 aliphatic carbocycles. The third kappa shape index (κ3) is 7.27. The van der Waals surface area contributed by atoms with Crippen molar-refractivity contribution in [3.63, 3.8) is 0 Å². The Morgan fingerprint density at radius 3 is 2.40 bits per heavy atom. The molecule has 9 nitrogen and oxygen atoms in total. The highest BCUT2D eigenvalue weighted by molar-refractivity contribution is 7.91. The Balaban J connectivity index is 0.000000396. The van der Waals surface area contributed by atoms with Crippen LogP contribution in [0.25, 0.3) is 0 Å². The van der Waals surface area contributed by atoms with Crippen LogP contribution in [0.1, 0.15) is 30.0 Å². The number of fused-ring (bicyclic) bond motifs is 1. The van der Waals surface area contributed by atoms with E-state index in [1.54, 1.807) is 11.1 Å². The summed E-state index contributed by atoms with van der Waals surface area (Å²) < 4.78 is 62.1. The maximum Gasteiger partial charge on any atom is 0.490 e. The minimum absolute atomic E-state index is 0.0357. The predicted octanol–water partition coefficient (Wildman–Crippen LogP) is 0.950. The molecule has 1 aromatic heterocycles. The van der Waals surface area contributed by atoms with Gasteiger partial charge in [0.1, 0.15) is 5.75 Å². The average Bonchev–Trinajstić information content (AvgIpc) is 3.34. The second-order valence-corrected chi connectivity index (χ2v) is 9.64. The number of aliphatic carboxylic acids is 1. The van der Waals surface area contributed by atoms with Gasteiger partial charge in [-0.15, -0.1) is 0 Å². The van der Waals surface area contributed by atoms with E-state index in [2.05, 4.69) is 5.10 Å². The van der Waals surface area contributed by atoms with Crippen molar-refractivity contribution in [1.82, 2.24) is 14.7 Å². The lowest BCUT2D eigenvalue weighted by molar-refractivity contribution is -0.192. The smallest absolute Gasteiger partial charge is 0.475 e. The molecule has 1 fully saturated rings. The van der Waals surface area contributed by atoms with E-state index in [0.717, 1.165) is 24.1 Å². The lowest BCUT2D eigenvalue weighted by Gasteiger charge is -2.33. The van der Waals surface area contributed by atoms with Crippen molar-refractivity contribution in [2.24, 2.45) is 13.0 Å². The highest BCUT2D eigenvalue weighted by atomic mass is 32.2. The minimum Gasteiger partial charge on any atom is -0.475 e. The summed E-state index contributed by atoms with van der Waals surface area (Å²) in [5, 5.41) is 11.4. The van der Waals surface area contributed by atoms with E-state index in [1.807, 2.05) is 11.7 Å². The summed E-state index contributed by atoms with van der Waals surface area (Å²) in [6, 6.07) is 0. The molecule has 3 rings (SSSR count). The molecule has 0 radical (unpaired) electrons. The molecule has 0 spiro atoms. The summed E-state index contributed by atoms with van der Waals surface area (Å²) in [7, 11) is -1.44. The number of hydrogen-bond donors (Lipinski definition) is 1. The minimum atomic E-state index is -5.08. The first-order chi connectivity index (χ1) is 13.8. The number of aryl methyl sites for hydroxylation is 1. The maximum absolute atomic E-state index is 12.2. The molecule has 0 saturated heterocycles. The fraction of sp³-hybridized carbons (Fsp3) is 0.706. The zero-order valence-electron chi connectivity index (χ0n) is 16.6. The topological polar surface area (TPSA) is 119 Å². The molecule has 1 aliphatic heterocycles. The lowest BCUT2D eigenvalue weighted by Crippen LogP contribution is -2.42. The molecule has 1 saturated carbocycles. The Morgan fingerprint density at radius 1 is 1.30 bits per heavy atom. The molecule has 1 atom stereocenters. The summed E-state index contributed by atoms with van der Waals surface area (Å²) in [6.45, 7) is 2.19. The summed E-state index contributed by atoms with van der Waals surface area (Å²) in [5.74, 6) is -2.83. The van der Waals surface area contributed by atoms with E-state index < -0.39 is 27.7 Å². The molecule has 30 heavy (non-hydrogen) atoms. The molecular weight excluding hydrogens is 431 g/mol. The highest BCUT2D eigenvalue weighted by Gasteiger charge is 2.38. The van der Waals surface area contributed by atoms with Crippen LogP contribution in [0.3, 0.4) is 0 Å². The van der Waals surface area contributed by atoms with Crippen molar-refractivity contribution in [3.05, 3.63) is 17.5 Å². The van der Waals surface area contributed by atoms with Crippen molar-refractivity contribution in [2.45, 2.75) is 31.5 Å². The number of sulfone groups is 1. The normalized spacial score (nSPS) is 19.0. The van der Waals surface area contributed by atoms with Crippen LogP contribution in [-0.4, -0.2) is 78.0 Å². The first-order valence-corrected chi connectivity index (χ1v) is 11.2. The number of halogens is 3. The number of carbonyl (C=O) groups is 2. The quantitative estimate of drug-likeness (QED) is 0.678. The first-order valence-electron chi connectivity index (χ1n) is 9.12. The van der Waals surface area contributed by atoms with Gasteiger partial charge in [-0.25, -0.2) is 13.2 Å². The van der Waals surface area contributed by atoms with Crippen molar-refractivity contribution in [2.75, 3.05) is 31.8 Å². The Hall–Kier alpha value is -2.15. The third-order valence-corrected chi connectivity index (χ3v) is 5.37. The van der Waals surface area contributed by atoms with Crippen molar-refractivity contribution < 1.29 is 41.0 Å². The summed E-state index contributed by atoms with van der Waals surface area (Å²) in [4.78, 5) is 22.7. The summed E-state index contributed by atoms with van der Waals surface area (Å²) >= 11 is 0. The van der Waals surface area contributed by atoms with Gasteiger partial charge < -0.3 is 14.7 Å². The molecule has 0 aromatic carbocycles. The van der Waals surface area contributed by atoms with Crippen LogP contribution in [0, 0.1) is 5.92 Å². The average molecular weight is 455 g/mol. The first kappa shape index (κ1) is 24.1. The van der Waals surface area contributed by atoms with Gasteiger partial charge in [-0.1, -0.05) is 0 Å². The Kier molecular flexibility index (Phi) is 7.50. The fourth-order valence-corrected chi connectivity index (χ4v) is 3.69. The standard InChI is InChI=1S/C15H23N3O4S.C2HF3O2/c1-17-15-12(5-16-17)6-18(14(19)10-23(2,20)21)7-13(15)9-22-8-11-3-4-11;3-2(4,5)1(6)7/h5,11,13H,3-4,6-10H2,1-2H3;(H,6,7). The van der Waals surface area contributed by atoms with E-state index in [4.69, 9.17) is 14.6 Å². The highest BCUT2D eigenvalue weighted by Crippen LogP contribution is 2.31. The molecule has 1 N–H and O–H groups in total. The monoisotopic (exact) mass is 455 g/mol. The molecule has 1 amide bonds. The van der Waals surface area contributed by atoms with Crippen LogP contribution in [0.4, 0.5) is 13.2 Å². The van der Waals surface area contributed by atoms with Crippen LogP contribution in [-0.2, 0) is 37.8 Å². The largest absolute Gasteiger partial charge is 0.490 e. The lowest BCUT2D eigenvalue weighted by atomic mass is 9.97. The van der Waals surface area contributed by atoms with Gasteiger partial charge in [-0.05, 0) is 18.8 Å². The number of carboxylic acids is 1. The van der Waals surface area contributed by atoms with Gasteiger partial charge in [0.25, 0.3) is 0 Å². The molecule has 2 heterocycles. The maximum atomic E-state index is 12.2. The number of hydrogen-bond acceptors (Lipinski definition) is 6. The molecular formula is C17H24F3N3O6S. The third-order valence-electron chi connectivity index (χ3n) is 4.60. The fourth-order valence-electron chi connectivity index (χ4n) is 3.06.